The number of piperazine rings is 1. The van der Waals surface area contributed by atoms with Gasteiger partial charge in [0.1, 0.15) is 0 Å². The highest BCUT2D eigenvalue weighted by Gasteiger charge is 2.36. The Morgan fingerprint density at radius 1 is 1.22 bits per heavy atom. The standard InChI is InChI=1S/C16H32N2/c1-4-8-15-12-18(14(3)11-17-15)13-16(5-2)9-6-7-10-16/h14-15,17H,4-13H2,1-3H3. The summed E-state index contributed by atoms with van der Waals surface area (Å²) in [7, 11) is 0. The number of nitrogens with zero attached hydrogens (tertiary/aromatic N) is 1. The Morgan fingerprint density at radius 2 is 1.94 bits per heavy atom. The molecule has 0 radical (unpaired) electrons. The fourth-order valence-electron chi connectivity index (χ4n) is 3.94. The summed E-state index contributed by atoms with van der Waals surface area (Å²) >= 11 is 0. The SMILES string of the molecule is CCCC1CN(CC2(CC)CCCC2)C(C)CN1. The van der Waals surface area contributed by atoms with Gasteiger partial charge in [-0.05, 0) is 38.0 Å². The van der Waals surface area contributed by atoms with Crippen molar-refractivity contribution >= 4 is 0 Å². The lowest BCUT2D eigenvalue weighted by Crippen LogP contribution is -2.57. The van der Waals surface area contributed by atoms with Crippen LogP contribution in [0.1, 0.15) is 65.7 Å². The highest BCUT2D eigenvalue weighted by Crippen LogP contribution is 2.42. The largest absolute Gasteiger partial charge is 0.311 e. The molecule has 1 heterocycles. The van der Waals surface area contributed by atoms with Gasteiger partial charge in [-0.1, -0.05) is 33.1 Å². The fourth-order valence-corrected chi connectivity index (χ4v) is 3.94. The summed E-state index contributed by atoms with van der Waals surface area (Å²) in [5, 5.41) is 3.71. The highest BCUT2D eigenvalue weighted by atomic mass is 15.2. The fraction of sp³-hybridized carbons (Fsp3) is 1.00. The van der Waals surface area contributed by atoms with Crippen LogP contribution in [0.3, 0.4) is 0 Å². The van der Waals surface area contributed by atoms with Crippen LogP contribution < -0.4 is 5.32 Å². The normalized spacial score (nSPS) is 32.8. The van der Waals surface area contributed by atoms with Gasteiger partial charge in [-0.2, -0.15) is 0 Å². The van der Waals surface area contributed by atoms with Crippen LogP contribution in [0.5, 0.6) is 0 Å². The van der Waals surface area contributed by atoms with Crippen molar-refractivity contribution in [3.8, 4) is 0 Å². The number of hydrogen-bond donors (Lipinski definition) is 1. The minimum absolute atomic E-state index is 0.655. The molecule has 2 atom stereocenters. The van der Waals surface area contributed by atoms with Gasteiger partial charge < -0.3 is 5.32 Å². The second-order valence-electron chi connectivity index (χ2n) is 6.73. The zero-order valence-corrected chi connectivity index (χ0v) is 12.7. The van der Waals surface area contributed by atoms with Gasteiger partial charge in [-0.25, -0.2) is 0 Å². The average Bonchev–Trinajstić information content (AvgIpc) is 2.83. The Morgan fingerprint density at radius 3 is 2.56 bits per heavy atom. The molecule has 2 fully saturated rings. The molecule has 1 saturated carbocycles. The molecule has 0 spiro atoms. The third kappa shape index (κ3) is 3.27. The third-order valence-corrected chi connectivity index (χ3v) is 5.37. The molecule has 0 aromatic heterocycles. The van der Waals surface area contributed by atoms with E-state index in [0.29, 0.717) is 5.41 Å². The molecule has 1 N–H and O–H groups in total. The van der Waals surface area contributed by atoms with Gasteiger partial charge in [0.2, 0.25) is 0 Å². The van der Waals surface area contributed by atoms with Crippen molar-refractivity contribution < 1.29 is 0 Å². The van der Waals surface area contributed by atoms with Crippen LogP contribution >= 0.6 is 0 Å². The Hall–Kier alpha value is -0.0800. The highest BCUT2D eigenvalue weighted by molar-refractivity contribution is 4.91. The smallest absolute Gasteiger partial charge is 0.0195 e. The topological polar surface area (TPSA) is 15.3 Å². The van der Waals surface area contributed by atoms with Crippen molar-refractivity contribution in [1.82, 2.24) is 10.2 Å². The van der Waals surface area contributed by atoms with Crippen LogP contribution in [0.2, 0.25) is 0 Å². The van der Waals surface area contributed by atoms with E-state index < -0.39 is 0 Å². The van der Waals surface area contributed by atoms with Crippen LogP contribution in [-0.2, 0) is 0 Å². The molecule has 2 unspecified atom stereocenters. The van der Waals surface area contributed by atoms with Crippen molar-refractivity contribution in [2.75, 3.05) is 19.6 Å². The van der Waals surface area contributed by atoms with E-state index in [2.05, 4.69) is 31.0 Å². The third-order valence-electron chi connectivity index (χ3n) is 5.37. The summed E-state index contributed by atoms with van der Waals surface area (Å²) in [5.74, 6) is 0. The maximum absolute atomic E-state index is 3.71. The van der Waals surface area contributed by atoms with Crippen LogP contribution in [0, 0.1) is 5.41 Å². The lowest BCUT2D eigenvalue weighted by atomic mass is 9.82. The Labute approximate surface area is 114 Å². The Bertz CT molecular complexity index is 245. The van der Waals surface area contributed by atoms with Crippen molar-refractivity contribution in [2.45, 2.75) is 77.8 Å². The first-order chi connectivity index (χ1) is 8.69. The zero-order chi connectivity index (χ0) is 13.0. The summed E-state index contributed by atoms with van der Waals surface area (Å²) in [6, 6.07) is 1.46. The van der Waals surface area contributed by atoms with Gasteiger partial charge in [-0.15, -0.1) is 0 Å². The summed E-state index contributed by atoms with van der Waals surface area (Å²) < 4.78 is 0. The molecule has 2 rings (SSSR count). The molecular weight excluding hydrogens is 220 g/mol. The maximum atomic E-state index is 3.71. The monoisotopic (exact) mass is 252 g/mol. The van der Waals surface area contributed by atoms with E-state index >= 15 is 0 Å². The second kappa shape index (κ2) is 6.38. The molecule has 106 valence electrons. The lowest BCUT2D eigenvalue weighted by molar-refractivity contribution is 0.0749. The van der Waals surface area contributed by atoms with Gasteiger partial charge in [-0.3, -0.25) is 4.90 Å². The number of rotatable bonds is 5. The van der Waals surface area contributed by atoms with Crippen LogP contribution in [0.25, 0.3) is 0 Å². The molecule has 2 nitrogen and oxygen atoms in total. The average molecular weight is 252 g/mol. The van der Waals surface area contributed by atoms with Crippen LogP contribution in [0.15, 0.2) is 0 Å². The van der Waals surface area contributed by atoms with E-state index in [1.165, 1.54) is 64.6 Å². The zero-order valence-electron chi connectivity index (χ0n) is 12.7. The van der Waals surface area contributed by atoms with E-state index in [1.54, 1.807) is 0 Å². The molecule has 18 heavy (non-hydrogen) atoms. The van der Waals surface area contributed by atoms with Crippen molar-refractivity contribution in [3.05, 3.63) is 0 Å². The summed E-state index contributed by atoms with van der Waals surface area (Å²) in [6.45, 7) is 10.9. The van der Waals surface area contributed by atoms with Crippen LogP contribution in [0.4, 0.5) is 0 Å². The minimum atomic E-state index is 0.655. The lowest BCUT2D eigenvalue weighted by Gasteiger charge is -2.43. The maximum Gasteiger partial charge on any atom is 0.0195 e. The van der Waals surface area contributed by atoms with Gasteiger partial charge in [0.15, 0.2) is 0 Å². The Balaban J connectivity index is 1.93. The first-order valence-corrected chi connectivity index (χ1v) is 8.16. The van der Waals surface area contributed by atoms with Crippen LogP contribution in [-0.4, -0.2) is 36.6 Å². The molecule has 1 saturated heterocycles. The van der Waals surface area contributed by atoms with E-state index in [1.807, 2.05) is 0 Å². The predicted molar refractivity (Wildman–Crippen MR) is 78.9 cm³/mol. The van der Waals surface area contributed by atoms with E-state index in [9.17, 15) is 0 Å². The molecule has 0 aromatic carbocycles. The van der Waals surface area contributed by atoms with Crippen molar-refractivity contribution in [3.63, 3.8) is 0 Å². The Kier molecular flexibility index (Phi) is 5.08. The van der Waals surface area contributed by atoms with Gasteiger partial charge in [0.25, 0.3) is 0 Å². The molecule has 0 amide bonds. The van der Waals surface area contributed by atoms with Gasteiger partial charge in [0.05, 0.1) is 0 Å². The summed E-state index contributed by atoms with van der Waals surface area (Å²) in [5.41, 5.74) is 0.655. The molecule has 2 heteroatoms. The first kappa shape index (κ1) is 14.3. The molecule has 0 bridgehead atoms. The molecule has 1 aliphatic carbocycles. The summed E-state index contributed by atoms with van der Waals surface area (Å²) in [6.07, 6.45) is 9.89. The quantitative estimate of drug-likeness (QED) is 0.806. The molecule has 2 aliphatic rings. The molecule has 0 aromatic rings. The van der Waals surface area contributed by atoms with E-state index in [-0.39, 0.29) is 0 Å². The number of nitrogens with one attached hydrogen (secondary N) is 1. The predicted octanol–water partition coefficient (Wildman–Crippen LogP) is 3.42. The van der Waals surface area contributed by atoms with Crippen molar-refractivity contribution in [1.29, 1.82) is 0 Å². The van der Waals surface area contributed by atoms with E-state index in [0.717, 1.165) is 12.1 Å². The summed E-state index contributed by atoms with van der Waals surface area (Å²) in [4.78, 5) is 2.78. The van der Waals surface area contributed by atoms with Gasteiger partial charge in [0, 0.05) is 31.7 Å². The molecule has 1 aliphatic heterocycles. The second-order valence-corrected chi connectivity index (χ2v) is 6.73. The minimum Gasteiger partial charge on any atom is -0.311 e. The molecular formula is C16H32N2. The van der Waals surface area contributed by atoms with Crippen molar-refractivity contribution in [2.24, 2.45) is 5.41 Å². The van der Waals surface area contributed by atoms with Gasteiger partial charge >= 0.3 is 0 Å². The first-order valence-electron chi connectivity index (χ1n) is 8.16. The van der Waals surface area contributed by atoms with E-state index in [4.69, 9.17) is 0 Å². The number of hydrogen-bond acceptors (Lipinski definition) is 2.